The molecule has 8 rings (SSSR count). The highest BCUT2D eigenvalue weighted by Gasteiger charge is 2.46. The number of hydrogen-bond donors (Lipinski definition) is 2. The lowest BCUT2D eigenvalue weighted by Crippen LogP contribution is -2.46. The Morgan fingerprint density at radius 3 is 2.49 bits per heavy atom. The van der Waals surface area contributed by atoms with Crippen molar-refractivity contribution in [1.82, 2.24) is 39.7 Å². The third-order valence-electron chi connectivity index (χ3n) is 9.23. The maximum atomic E-state index is 14.3. The Morgan fingerprint density at radius 2 is 1.84 bits per heavy atom. The van der Waals surface area contributed by atoms with E-state index >= 15 is 0 Å². The number of nitrogen functional groups attached to an aromatic ring is 1. The van der Waals surface area contributed by atoms with Gasteiger partial charge in [-0.3, -0.25) is 9.78 Å². The number of amides is 1. The fraction of sp³-hybridized carbons (Fsp3) is 0.355. The summed E-state index contributed by atoms with van der Waals surface area (Å²) in [6, 6.07) is 8.85. The number of carbonyl (C=O) groups is 1. The lowest BCUT2D eigenvalue weighted by Gasteiger charge is -2.39. The molecule has 218 valence electrons. The van der Waals surface area contributed by atoms with Crippen molar-refractivity contribution in [3.63, 3.8) is 0 Å². The van der Waals surface area contributed by atoms with Gasteiger partial charge in [-0.2, -0.15) is 9.61 Å². The van der Waals surface area contributed by atoms with Crippen molar-refractivity contribution in [2.24, 2.45) is 0 Å². The maximum absolute atomic E-state index is 14.3. The van der Waals surface area contributed by atoms with E-state index in [1.54, 1.807) is 29.0 Å². The molecule has 4 aromatic heterocycles. The largest absolute Gasteiger partial charge is 0.494 e. The number of H-pyrrole nitrogens is 1. The van der Waals surface area contributed by atoms with E-state index in [-0.39, 0.29) is 29.7 Å². The molecule has 2 bridgehead atoms. The molecule has 2 saturated heterocycles. The van der Waals surface area contributed by atoms with Crippen molar-refractivity contribution in [2.75, 3.05) is 12.8 Å². The van der Waals surface area contributed by atoms with Crippen LogP contribution in [0, 0.1) is 5.82 Å². The number of piperidine rings is 1. The SMILES string of the molecule is COc1ccc(-c2ccc(-c3cnn4c(N)c(C5CC5)c([C@@H]5C[C@H]6CC[C@@H](C5)N6C(=O)c5nnc[nH]5)nc34)cn2)cc1F. The van der Waals surface area contributed by atoms with Gasteiger partial charge in [0.1, 0.15) is 12.1 Å². The van der Waals surface area contributed by atoms with Crippen LogP contribution >= 0.6 is 0 Å². The lowest BCUT2D eigenvalue weighted by molar-refractivity contribution is 0.0557. The number of carbonyl (C=O) groups excluding carboxylic acids is 1. The molecular formula is C31H30FN9O2. The number of benzene rings is 1. The summed E-state index contributed by atoms with van der Waals surface area (Å²) >= 11 is 0. The number of fused-ring (bicyclic) bond motifs is 3. The number of halogens is 1. The van der Waals surface area contributed by atoms with Crippen LogP contribution in [0.15, 0.2) is 49.1 Å². The fourth-order valence-electron chi connectivity index (χ4n) is 7.06. The number of ether oxygens (including phenoxy) is 1. The van der Waals surface area contributed by atoms with E-state index in [1.165, 1.54) is 19.5 Å². The summed E-state index contributed by atoms with van der Waals surface area (Å²) in [4.78, 5) is 28.0. The average Bonchev–Trinajstić information content (AvgIpc) is 3.41. The highest BCUT2D eigenvalue weighted by Crippen LogP contribution is 2.50. The number of aromatic nitrogens is 7. The van der Waals surface area contributed by atoms with Gasteiger partial charge in [-0.1, -0.05) is 6.07 Å². The first kappa shape index (κ1) is 25.8. The molecule has 12 heteroatoms. The summed E-state index contributed by atoms with van der Waals surface area (Å²) < 4.78 is 21.1. The molecule has 0 spiro atoms. The number of nitrogens with zero attached hydrogens (tertiary/aromatic N) is 7. The van der Waals surface area contributed by atoms with Crippen LogP contribution in [-0.4, -0.2) is 64.8 Å². The second-order valence-corrected chi connectivity index (χ2v) is 11.7. The predicted molar refractivity (Wildman–Crippen MR) is 156 cm³/mol. The molecule has 3 N–H and O–H groups in total. The second kappa shape index (κ2) is 9.85. The van der Waals surface area contributed by atoms with Crippen LogP contribution < -0.4 is 10.5 Å². The van der Waals surface area contributed by atoms with Crippen LogP contribution in [0.1, 0.15) is 72.2 Å². The zero-order valence-electron chi connectivity index (χ0n) is 23.6. The highest BCUT2D eigenvalue weighted by molar-refractivity contribution is 5.91. The van der Waals surface area contributed by atoms with Gasteiger partial charge in [0.05, 0.1) is 24.7 Å². The van der Waals surface area contributed by atoms with Crippen molar-refractivity contribution in [1.29, 1.82) is 0 Å². The zero-order valence-corrected chi connectivity index (χ0v) is 23.6. The second-order valence-electron chi connectivity index (χ2n) is 11.7. The van der Waals surface area contributed by atoms with Gasteiger partial charge in [0, 0.05) is 46.5 Å². The minimum Gasteiger partial charge on any atom is -0.494 e. The Morgan fingerprint density at radius 1 is 1.05 bits per heavy atom. The van der Waals surface area contributed by atoms with Crippen LogP contribution in [-0.2, 0) is 0 Å². The number of anilines is 1. The molecular weight excluding hydrogens is 549 g/mol. The Kier molecular flexibility index (Phi) is 5.92. The van der Waals surface area contributed by atoms with E-state index in [0.717, 1.165) is 60.9 Å². The maximum Gasteiger partial charge on any atom is 0.292 e. The van der Waals surface area contributed by atoms with Gasteiger partial charge >= 0.3 is 0 Å². The van der Waals surface area contributed by atoms with Gasteiger partial charge in [-0.05, 0) is 68.7 Å². The van der Waals surface area contributed by atoms with E-state index in [1.807, 2.05) is 17.0 Å². The van der Waals surface area contributed by atoms with E-state index < -0.39 is 5.82 Å². The summed E-state index contributed by atoms with van der Waals surface area (Å²) in [5, 5.41) is 12.4. The Bertz CT molecular complexity index is 1840. The van der Waals surface area contributed by atoms with Crippen LogP contribution in [0.2, 0.25) is 0 Å². The minimum atomic E-state index is -0.436. The normalized spacial score (nSPS) is 21.4. The third-order valence-corrected chi connectivity index (χ3v) is 9.23. The Hall–Kier alpha value is -4.87. The van der Waals surface area contributed by atoms with E-state index in [4.69, 9.17) is 15.5 Å². The molecule has 1 saturated carbocycles. The van der Waals surface area contributed by atoms with Crippen LogP contribution in [0.3, 0.4) is 0 Å². The summed E-state index contributed by atoms with van der Waals surface area (Å²) in [6.07, 6.45) is 10.7. The molecule has 6 heterocycles. The van der Waals surface area contributed by atoms with E-state index in [2.05, 4.69) is 25.3 Å². The minimum absolute atomic E-state index is 0.0832. The Labute approximate surface area is 246 Å². The third kappa shape index (κ3) is 4.23. The van der Waals surface area contributed by atoms with Gasteiger partial charge in [-0.15, -0.1) is 10.2 Å². The number of nitrogens with one attached hydrogen (secondary N) is 1. The van der Waals surface area contributed by atoms with Crippen molar-refractivity contribution in [2.45, 2.75) is 62.4 Å². The topological polar surface area (TPSA) is 140 Å². The first-order chi connectivity index (χ1) is 21.0. The number of pyridine rings is 1. The van der Waals surface area contributed by atoms with Gasteiger partial charge in [0.15, 0.2) is 17.2 Å². The summed E-state index contributed by atoms with van der Waals surface area (Å²) in [7, 11) is 1.44. The molecule has 1 aliphatic carbocycles. The van der Waals surface area contributed by atoms with Gasteiger partial charge in [0.25, 0.3) is 5.91 Å². The zero-order chi connectivity index (χ0) is 29.2. The summed E-state index contributed by atoms with van der Waals surface area (Å²) in [6.45, 7) is 0. The molecule has 5 aromatic rings. The number of methoxy groups -OCH3 is 1. The monoisotopic (exact) mass is 579 g/mol. The molecule has 2 aliphatic heterocycles. The first-order valence-electron chi connectivity index (χ1n) is 14.7. The molecule has 43 heavy (non-hydrogen) atoms. The number of aromatic amines is 1. The molecule has 1 amide bonds. The van der Waals surface area contributed by atoms with E-state index in [9.17, 15) is 9.18 Å². The lowest BCUT2D eigenvalue weighted by atomic mass is 9.85. The molecule has 11 nitrogen and oxygen atoms in total. The van der Waals surface area contributed by atoms with Crippen molar-refractivity contribution in [3.05, 3.63) is 72.0 Å². The smallest absolute Gasteiger partial charge is 0.292 e. The number of hydrogen-bond acceptors (Lipinski definition) is 8. The quantitative estimate of drug-likeness (QED) is 0.294. The van der Waals surface area contributed by atoms with Crippen LogP contribution in [0.4, 0.5) is 10.2 Å². The summed E-state index contributed by atoms with van der Waals surface area (Å²) in [5.74, 6) is 1.17. The fourth-order valence-corrected chi connectivity index (χ4v) is 7.06. The molecule has 1 aromatic carbocycles. The average molecular weight is 580 g/mol. The highest BCUT2D eigenvalue weighted by atomic mass is 19.1. The van der Waals surface area contributed by atoms with Crippen LogP contribution in [0.25, 0.3) is 28.0 Å². The van der Waals surface area contributed by atoms with Crippen molar-refractivity contribution >= 4 is 17.4 Å². The van der Waals surface area contributed by atoms with Gasteiger partial charge in [0.2, 0.25) is 5.82 Å². The molecule has 3 aliphatic rings. The molecule has 3 fully saturated rings. The first-order valence-corrected chi connectivity index (χ1v) is 14.7. The van der Waals surface area contributed by atoms with Crippen molar-refractivity contribution in [3.8, 4) is 28.1 Å². The van der Waals surface area contributed by atoms with Gasteiger partial charge in [-0.25, -0.2) is 9.37 Å². The predicted octanol–water partition coefficient (Wildman–Crippen LogP) is 4.73. The van der Waals surface area contributed by atoms with E-state index in [0.29, 0.717) is 34.5 Å². The summed E-state index contributed by atoms with van der Waals surface area (Å²) in [5.41, 5.74) is 12.7. The molecule has 3 atom stereocenters. The van der Waals surface area contributed by atoms with Crippen LogP contribution in [0.5, 0.6) is 5.75 Å². The van der Waals surface area contributed by atoms with Gasteiger partial charge < -0.3 is 20.4 Å². The standard InChI is InChI=1S/C31H30FN9O2/c1-43-25-9-5-17(12-23(25)32)24-8-4-18(13-34-24)22-14-37-41-28(33)26(16-2-3-16)27(38-30(22)41)19-10-20-6-7-21(11-19)40(20)31(42)29-35-15-36-39-29/h4-5,8-9,12-16,19-21H,2-3,6-7,10-11,33H2,1H3,(H,35,36,39)/t19-,20-,21+. The molecule has 0 radical (unpaired) electrons. The number of nitrogens with two attached hydrogens (primary N) is 1. The van der Waals surface area contributed by atoms with Crippen molar-refractivity contribution < 1.29 is 13.9 Å². The Balaban J connectivity index is 1.14. The molecule has 0 unspecified atom stereocenters. The number of rotatable bonds is 6.